The van der Waals surface area contributed by atoms with E-state index in [0.29, 0.717) is 11.4 Å². The first kappa shape index (κ1) is 16.4. The van der Waals surface area contributed by atoms with Crippen molar-refractivity contribution in [3.8, 4) is 0 Å². The van der Waals surface area contributed by atoms with Gasteiger partial charge >= 0.3 is 6.03 Å². The lowest BCUT2D eigenvalue weighted by molar-refractivity contribution is 0.229. The van der Waals surface area contributed by atoms with Crippen molar-refractivity contribution >= 4 is 6.03 Å². The van der Waals surface area contributed by atoms with Gasteiger partial charge in [-0.3, -0.25) is 4.68 Å². The van der Waals surface area contributed by atoms with E-state index in [4.69, 9.17) is 0 Å². The first-order chi connectivity index (χ1) is 11.6. The smallest absolute Gasteiger partial charge is 0.315 e. The largest absolute Gasteiger partial charge is 0.331 e. The van der Waals surface area contributed by atoms with E-state index in [1.807, 2.05) is 0 Å². The van der Waals surface area contributed by atoms with Crippen LogP contribution in [0.1, 0.15) is 43.1 Å². The van der Waals surface area contributed by atoms with E-state index >= 15 is 0 Å². The fourth-order valence-electron chi connectivity index (χ4n) is 3.30. The lowest BCUT2D eigenvalue weighted by Crippen LogP contribution is -2.40. The third-order valence-electron chi connectivity index (χ3n) is 4.61. The Morgan fingerprint density at radius 3 is 2.79 bits per heavy atom. The molecule has 1 aromatic heterocycles. The first-order valence-electron chi connectivity index (χ1n) is 8.27. The Morgan fingerprint density at radius 2 is 2.12 bits per heavy atom. The highest BCUT2D eigenvalue weighted by atomic mass is 19.1. The van der Waals surface area contributed by atoms with Crippen LogP contribution < -0.4 is 10.6 Å². The van der Waals surface area contributed by atoms with Crippen molar-refractivity contribution in [1.29, 1.82) is 0 Å². The molecule has 7 heteroatoms. The standard InChI is InChI=1S/C17H22FN5O/c1-23-15(20-11-21-23)10-19-17(24)22-16(12-6-2-3-7-12)13-8-4-5-9-14(13)18/h4-5,8-9,11-12,16H,2-3,6-7,10H2,1H3,(H2,19,22,24)/t16-/m0/s1. The van der Waals surface area contributed by atoms with Crippen LogP contribution in [0.25, 0.3) is 0 Å². The molecule has 3 rings (SSSR count). The second-order valence-electron chi connectivity index (χ2n) is 6.17. The van der Waals surface area contributed by atoms with E-state index < -0.39 is 0 Å². The van der Waals surface area contributed by atoms with Gasteiger partial charge in [-0.2, -0.15) is 5.10 Å². The van der Waals surface area contributed by atoms with E-state index in [1.165, 1.54) is 12.4 Å². The number of rotatable bonds is 5. The quantitative estimate of drug-likeness (QED) is 0.885. The Bertz CT molecular complexity index is 696. The summed E-state index contributed by atoms with van der Waals surface area (Å²) in [5.74, 6) is 0.652. The molecule has 0 radical (unpaired) electrons. The van der Waals surface area contributed by atoms with Crippen molar-refractivity contribution in [2.75, 3.05) is 0 Å². The average Bonchev–Trinajstić information content (AvgIpc) is 3.23. The number of aryl methyl sites for hydroxylation is 1. The third-order valence-corrected chi connectivity index (χ3v) is 4.61. The SMILES string of the molecule is Cn1ncnc1CNC(=O)N[C@H](c1ccccc1F)C1CCCC1. The van der Waals surface area contributed by atoms with Crippen LogP contribution in [-0.2, 0) is 13.6 Å². The van der Waals surface area contributed by atoms with E-state index in [-0.39, 0.29) is 30.4 Å². The summed E-state index contributed by atoms with van der Waals surface area (Å²) in [5.41, 5.74) is 0.554. The molecule has 0 aliphatic heterocycles. The topological polar surface area (TPSA) is 71.8 Å². The molecule has 1 fully saturated rings. The molecular weight excluding hydrogens is 309 g/mol. The lowest BCUT2D eigenvalue weighted by Gasteiger charge is -2.25. The molecular formula is C17H22FN5O. The molecule has 0 unspecified atom stereocenters. The molecule has 2 aromatic rings. The van der Waals surface area contributed by atoms with Gasteiger partial charge in [-0.25, -0.2) is 14.2 Å². The Hall–Kier alpha value is -2.44. The second-order valence-corrected chi connectivity index (χ2v) is 6.17. The number of amides is 2. The predicted octanol–water partition coefficient (Wildman–Crippen LogP) is 2.68. The molecule has 2 N–H and O–H groups in total. The molecule has 24 heavy (non-hydrogen) atoms. The van der Waals surface area contributed by atoms with Gasteiger partial charge in [0.1, 0.15) is 18.0 Å². The molecule has 0 saturated heterocycles. The summed E-state index contributed by atoms with van der Waals surface area (Å²) in [6, 6.07) is 6.03. The monoisotopic (exact) mass is 331 g/mol. The highest BCUT2D eigenvalue weighted by molar-refractivity contribution is 5.74. The molecule has 1 aliphatic carbocycles. The number of nitrogens with one attached hydrogen (secondary N) is 2. The minimum atomic E-state index is -0.321. The van der Waals surface area contributed by atoms with Gasteiger partial charge in [0.2, 0.25) is 0 Å². The van der Waals surface area contributed by atoms with Gasteiger partial charge in [0.05, 0.1) is 12.6 Å². The summed E-state index contributed by atoms with van der Waals surface area (Å²) in [6.45, 7) is 0.275. The number of urea groups is 1. The zero-order chi connectivity index (χ0) is 16.9. The number of carbonyl (C=O) groups is 1. The van der Waals surface area contributed by atoms with Crippen LogP contribution in [0.15, 0.2) is 30.6 Å². The first-order valence-corrected chi connectivity index (χ1v) is 8.27. The normalized spacial score (nSPS) is 16.1. The van der Waals surface area contributed by atoms with Gasteiger partial charge in [0.15, 0.2) is 0 Å². The molecule has 1 atom stereocenters. The Balaban J connectivity index is 1.68. The van der Waals surface area contributed by atoms with Gasteiger partial charge in [0, 0.05) is 12.6 Å². The van der Waals surface area contributed by atoms with Crippen LogP contribution in [0.5, 0.6) is 0 Å². The van der Waals surface area contributed by atoms with Crippen molar-refractivity contribution < 1.29 is 9.18 Å². The highest BCUT2D eigenvalue weighted by Gasteiger charge is 2.29. The van der Waals surface area contributed by atoms with Crippen molar-refractivity contribution in [3.05, 3.63) is 47.8 Å². The second kappa shape index (κ2) is 7.42. The van der Waals surface area contributed by atoms with Gasteiger partial charge in [-0.1, -0.05) is 31.0 Å². The van der Waals surface area contributed by atoms with Gasteiger partial charge < -0.3 is 10.6 Å². The zero-order valence-electron chi connectivity index (χ0n) is 13.7. The predicted molar refractivity (Wildman–Crippen MR) is 87.5 cm³/mol. The maximum Gasteiger partial charge on any atom is 0.315 e. The minimum Gasteiger partial charge on any atom is -0.331 e. The van der Waals surface area contributed by atoms with Crippen LogP contribution in [0.3, 0.4) is 0 Å². The molecule has 1 aromatic carbocycles. The summed E-state index contributed by atoms with van der Waals surface area (Å²) in [7, 11) is 1.77. The minimum absolute atomic E-state index is 0.266. The number of benzene rings is 1. The summed E-state index contributed by atoms with van der Waals surface area (Å²) in [4.78, 5) is 16.4. The summed E-state index contributed by atoms with van der Waals surface area (Å²) in [5, 5.41) is 9.69. The van der Waals surface area contributed by atoms with E-state index in [2.05, 4.69) is 20.7 Å². The summed E-state index contributed by atoms with van der Waals surface area (Å²) < 4.78 is 15.8. The lowest BCUT2D eigenvalue weighted by atomic mass is 9.91. The van der Waals surface area contributed by atoms with Gasteiger partial charge in [-0.05, 0) is 24.8 Å². The molecule has 1 heterocycles. The fraction of sp³-hybridized carbons (Fsp3) is 0.471. The van der Waals surface area contributed by atoms with Crippen molar-refractivity contribution in [3.63, 3.8) is 0 Å². The molecule has 1 aliphatic rings. The Morgan fingerprint density at radius 1 is 1.38 bits per heavy atom. The maximum absolute atomic E-state index is 14.2. The molecule has 0 bridgehead atoms. The van der Waals surface area contributed by atoms with Crippen molar-refractivity contribution in [2.24, 2.45) is 13.0 Å². The van der Waals surface area contributed by atoms with Gasteiger partial charge in [-0.15, -0.1) is 0 Å². The van der Waals surface area contributed by atoms with Gasteiger partial charge in [0.25, 0.3) is 0 Å². The number of aromatic nitrogens is 3. The van der Waals surface area contributed by atoms with Crippen LogP contribution in [0.2, 0.25) is 0 Å². The maximum atomic E-state index is 14.2. The van der Waals surface area contributed by atoms with Crippen LogP contribution in [-0.4, -0.2) is 20.8 Å². The Kier molecular flexibility index (Phi) is 5.08. The average molecular weight is 331 g/mol. The number of hydrogen-bond acceptors (Lipinski definition) is 3. The molecule has 0 spiro atoms. The molecule has 6 nitrogen and oxygen atoms in total. The summed E-state index contributed by atoms with van der Waals surface area (Å²) in [6.07, 6.45) is 5.69. The van der Waals surface area contributed by atoms with Crippen LogP contribution in [0, 0.1) is 11.7 Å². The highest BCUT2D eigenvalue weighted by Crippen LogP contribution is 2.36. The Labute approximate surface area is 140 Å². The molecule has 1 saturated carbocycles. The number of carbonyl (C=O) groups excluding carboxylic acids is 1. The van der Waals surface area contributed by atoms with Crippen molar-refractivity contribution in [1.82, 2.24) is 25.4 Å². The van der Waals surface area contributed by atoms with Crippen LogP contribution >= 0.6 is 0 Å². The summed E-state index contributed by atoms with van der Waals surface area (Å²) >= 11 is 0. The number of halogens is 1. The van der Waals surface area contributed by atoms with E-state index in [0.717, 1.165) is 25.7 Å². The number of nitrogens with zero attached hydrogens (tertiary/aromatic N) is 3. The number of hydrogen-bond donors (Lipinski definition) is 2. The molecule has 128 valence electrons. The van der Waals surface area contributed by atoms with E-state index in [9.17, 15) is 9.18 Å². The molecule has 2 amide bonds. The van der Waals surface area contributed by atoms with Crippen LogP contribution in [0.4, 0.5) is 9.18 Å². The third kappa shape index (κ3) is 3.72. The van der Waals surface area contributed by atoms with E-state index in [1.54, 1.807) is 29.9 Å². The van der Waals surface area contributed by atoms with Crippen molar-refractivity contribution in [2.45, 2.75) is 38.3 Å². The zero-order valence-corrected chi connectivity index (χ0v) is 13.7. The fourth-order valence-corrected chi connectivity index (χ4v) is 3.30.